The maximum absolute atomic E-state index is 11.4. The van der Waals surface area contributed by atoms with E-state index in [9.17, 15) is 9.59 Å². The quantitative estimate of drug-likeness (QED) is 0.790. The van der Waals surface area contributed by atoms with Gasteiger partial charge in [-0.25, -0.2) is 4.79 Å². The molecule has 1 aliphatic heterocycles. The number of carbonyl (C=O) groups excluding carboxylic acids is 1. The lowest BCUT2D eigenvalue weighted by Gasteiger charge is -2.07. The second-order valence-electron chi connectivity index (χ2n) is 4.72. The molecule has 19 heavy (non-hydrogen) atoms. The van der Waals surface area contributed by atoms with Crippen molar-refractivity contribution in [2.75, 3.05) is 6.61 Å². The Kier molecular flexibility index (Phi) is 2.74. The highest BCUT2D eigenvalue weighted by atomic mass is 16.5. The Morgan fingerprint density at radius 2 is 2.05 bits per heavy atom. The fourth-order valence-electron chi connectivity index (χ4n) is 2.33. The Bertz CT molecular complexity index is 564. The number of benzene rings is 1. The van der Waals surface area contributed by atoms with E-state index >= 15 is 0 Å². The normalized spacial score (nSPS) is 25.2. The number of hydrogen-bond donors (Lipinski definition) is 2. The third-order valence-corrected chi connectivity index (χ3v) is 3.40. The summed E-state index contributed by atoms with van der Waals surface area (Å²) in [7, 11) is 0. The van der Waals surface area contributed by atoms with E-state index in [-0.39, 0.29) is 24.1 Å². The van der Waals surface area contributed by atoms with Gasteiger partial charge in [0.05, 0.1) is 0 Å². The smallest absolute Gasteiger partial charge is 0.344 e. The lowest BCUT2D eigenvalue weighted by atomic mass is 10.1. The summed E-state index contributed by atoms with van der Waals surface area (Å²) in [5.41, 5.74) is 0.945. The molecule has 0 spiro atoms. The Balaban J connectivity index is 1.71. The van der Waals surface area contributed by atoms with Gasteiger partial charge in [0.2, 0.25) is 11.7 Å². The van der Waals surface area contributed by atoms with Gasteiger partial charge in [-0.05, 0) is 12.0 Å². The van der Waals surface area contributed by atoms with Crippen molar-refractivity contribution in [3.63, 3.8) is 0 Å². The molecule has 1 saturated carbocycles. The first kappa shape index (κ1) is 11.8. The first-order valence-corrected chi connectivity index (χ1v) is 6.12. The predicted molar refractivity (Wildman–Crippen MR) is 66.3 cm³/mol. The summed E-state index contributed by atoms with van der Waals surface area (Å²) in [6.45, 7) is -0.188. The minimum absolute atomic E-state index is 0.112. The Labute approximate surface area is 109 Å². The van der Waals surface area contributed by atoms with Crippen molar-refractivity contribution < 1.29 is 19.4 Å². The minimum Gasteiger partial charge on any atom is -0.477 e. The molecule has 0 amide bonds. The van der Waals surface area contributed by atoms with Gasteiger partial charge in [0.25, 0.3) is 0 Å². The van der Waals surface area contributed by atoms with Crippen molar-refractivity contribution in [1.82, 2.24) is 5.32 Å². The van der Waals surface area contributed by atoms with E-state index in [2.05, 4.69) is 5.32 Å². The van der Waals surface area contributed by atoms with Crippen molar-refractivity contribution in [2.45, 2.75) is 18.4 Å². The maximum atomic E-state index is 11.4. The van der Waals surface area contributed by atoms with Crippen LogP contribution in [0.2, 0.25) is 0 Å². The molecule has 0 aromatic heterocycles. The molecule has 3 rings (SSSR count). The van der Waals surface area contributed by atoms with E-state index in [0.29, 0.717) is 5.92 Å². The SMILES string of the molecule is O=C(O)C1=C(NC2CC2c2ccccc2)OCC1=O. The zero-order valence-electron chi connectivity index (χ0n) is 10.1. The number of ketones is 1. The van der Waals surface area contributed by atoms with E-state index in [1.165, 1.54) is 5.56 Å². The van der Waals surface area contributed by atoms with Crippen LogP contribution in [-0.2, 0) is 14.3 Å². The van der Waals surface area contributed by atoms with Crippen LogP contribution in [0.25, 0.3) is 0 Å². The molecule has 0 saturated heterocycles. The third-order valence-electron chi connectivity index (χ3n) is 3.40. The van der Waals surface area contributed by atoms with Gasteiger partial charge in [0.15, 0.2) is 12.2 Å². The molecule has 1 aliphatic carbocycles. The molecule has 2 atom stereocenters. The highest BCUT2D eigenvalue weighted by Gasteiger charge is 2.41. The molecule has 1 heterocycles. The van der Waals surface area contributed by atoms with Crippen molar-refractivity contribution in [3.8, 4) is 0 Å². The van der Waals surface area contributed by atoms with Crippen molar-refractivity contribution in [2.24, 2.45) is 0 Å². The Morgan fingerprint density at radius 3 is 2.74 bits per heavy atom. The Hall–Kier alpha value is -2.30. The molecule has 98 valence electrons. The third kappa shape index (κ3) is 2.19. The van der Waals surface area contributed by atoms with Crippen LogP contribution >= 0.6 is 0 Å². The van der Waals surface area contributed by atoms with E-state index in [1.807, 2.05) is 30.3 Å². The summed E-state index contributed by atoms with van der Waals surface area (Å²) >= 11 is 0. The van der Waals surface area contributed by atoms with Crippen molar-refractivity contribution in [3.05, 3.63) is 47.4 Å². The predicted octanol–water partition coefficient (Wildman–Crippen LogP) is 1.03. The molecule has 2 aliphatic rings. The van der Waals surface area contributed by atoms with Crippen LogP contribution in [0.1, 0.15) is 17.9 Å². The van der Waals surface area contributed by atoms with Crippen LogP contribution in [0.5, 0.6) is 0 Å². The number of rotatable bonds is 4. The number of Topliss-reactive ketones (excluding diaryl/α,β-unsaturated/α-hetero) is 1. The lowest BCUT2D eigenvalue weighted by Crippen LogP contribution is -2.21. The molecule has 1 fully saturated rings. The monoisotopic (exact) mass is 259 g/mol. The number of carboxylic acids is 1. The fraction of sp³-hybridized carbons (Fsp3) is 0.286. The number of carbonyl (C=O) groups is 2. The standard InChI is InChI=1S/C14H13NO4/c16-11-7-19-13(12(11)14(17)18)15-10-6-9(10)8-4-2-1-3-5-8/h1-5,9-10,15H,6-7H2,(H,17,18). The van der Waals surface area contributed by atoms with E-state index < -0.39 is 11.8 Å². The zero-order chi connectivity index (χ0) is 13.4. The van der Waals surface area contributed by atoms with Gasteiger partial charge < -0.3 is 15.2 Å². The topological polar surface area (TPSA) is 75.6 Å². The van der Waals surface area contributed by atoms with E-state index in [0.717, 1.165) is 6.42 Å². The highest BCUT2D eigenvalue weighted by Crippen LogP contribution is 2.41. The fourth-order valence-corrected chi connectivity index (χ4v) is 2.33. The van der Waals surface area contributed by atoms with Gasteiger partial charge in [0.1, 0.15) is 0 Å². The summed E-state index contributed by atoms with van der Waals surface area (Å²) in [5, 5.41) is 12.0. The van der Waals surface area contributed by atoms with Crippen molar-refractivity contribution >= 4 is 11.8 Å². The van der Waals surface area contributed by atoms with Gasteiger partial charge in [-0.2, -0.15) is 0 Å². The number of carboxylic acid groups (broad SMARTS) is 1. The van der Waals surface area contributed by atoms with Crippen LogP contribution < -0.4 is 5.32 Å². The first-order valence-electron chi connectivity index (χ1n) is 6.12. The maximum Gasteiger partial charge on any atom is 0.344 e. The highest BCUT2D eigenvalue weighted by molar-refractivity contribution is 6.18. The number of hydrogen-bond acceptors (Lipinski definition) is 4. The van der Waals surface area contributed by atoms with Crippen LogP contribution in [0.3, 0.4) is 0 Å². The second kappa shape index (κ2) is 4.42. The number of nitrogens with one attached hydrogen (secondary N) is 1. The van der Waals surface area contributed by atoms with E-state index in [1.54, 1.807) is 0 Å². The van der Waals surface area contributed by atoms with Gasteiger partial charge in [-0.15, -0.1) is 0 Å². The summed E-state index contributed by atoms with van der Waals surface area (Å²) in [4.78, 5) is 22.4. The average Bonchev–Trinajstić information content (AvgIpc) is 3.06. The summed E-state index contributed by atoms with van der Waals surface area (Å²) in [6.07, 6.45) is 0.915. The Morgan fingerprint density at radius 1 is 1.32 bits per heavy atom. The molecule has 0 radical (unpaired) electrons. The molecule has 1 aromatic rings. The second-order valence-corrected chi connectivity index (χ2v) is 4.72. The molecular formula is C14H13NO4. The van der Waals surface area contributed by atoms with Gasteiger partial charge >= 0.3 is 5.97 Å². The molecule has 2 unspecified atom stereocenters. The minimum atomic E-state index is -1.23. The van der Waals surface area contributed by atoms with Gasteiger partial charge in [-0.3, -0.25) is 4.79 Å². The number of ether oxygens (including phenoxy) is 1. The first-order chi connectivity index (χ1) is 9.16. The molecule has 0 bridgehead atoms. The summed E-state index contributed by atoms with van der Waals surface area (Å²) < 4.78 is 5.11. The molecule has 1 aromatic carbocycles. The average molecular weight is 259 g/mol. The van der Waals surface area contributed by atoms with Crippen LogP contribution in [0.15, 0.2) is 41.8 Å². The zero-order valence-corrected chi connectivity index (χ0v) is 10.1. The molecule has 2 N–H and O–H groups in total. The summed E-state index contributed by atoms with van der Waals surface area (Å²) in [5.74, 6) is -1.25. The van der Waals surface area contributed by atoms with Crippen LogP contribution in [0, 0.1) is 0 Å². The van der Waals surface area contributed by atoms with Gasteiger partial charge in [0, 0.05) is 12.0 Å². The molecule has 5 nitrogen and oxygen atoms in total. The van der Waals surface area contributed by atoms with E-state index in [4.69, 9.17) is 9.84 Å². The molecular weight excluding hydrogens is 246 g/mol. The lowest BCUT2D eigenvalue weighted by molar-refractivity contribution is -0.134. The molecule has 5 heteroatoms. The van der Waals surface area contributed by atoms with Crippen LogP contribution in [0.4, 0.5) is 0 Å². The van der Waals surface area contributed by atoms with Crippen molar-refractivity contribution in [1.29, 1.82) is 0 Å². The van der Waals surface area contributed by atoms with Crippen LogP contribution in [-0.4, -0.2) is 29.5 Å². The summed E-state index contributed by atoms with van der Waals surface area (Å²) in [6, 6.07) is 10.1. The van der Waals surface area contributed by atoms with Gasteiger partial charge in [-0.1, -0.05) is 30.3 Å². The largest absolute Gasteiger partial charge is 0.477 e. The number of aliphatic carboxylic acids is 1.